The highest BCUT2D eigenvalue weighted by molar-refractivity contribution is 4.74. The Labute approximate surface area is 74.9 Å². The van der Waals surface area contributed by atoms with Crippen LogP contribution in [0.4, 0.5) is 0 Å². The molecule has 12 heavy (non-hydrogen) atoms. The zero-order chi connectivity index (χ0) is 8.39. The van der Waals surface area contributed by atoms with Gasteiger partial charge in [-0.25, -0.2) is 0 Å². The van der Waals surface area contributed by atoms with Gasteiger partial charge in [-0.1, -0.05) is 6.92 Å². The van der Waals surface area contributed by atoms with E-state index in [1.54, 1.807) is 0 Å². The van der Waals surface area contributed by atoms with Gasteiger partial charge in [-0.15, -0.1) is 0 Å². The van der Waals surface area contributed by atoms with Crippen LogP contribution in [0.2, 0.25) is 0 Å². The van der Waals surface area contributed by atoms with E-state index in [4.69, 9.17) is 4.74 Å². The lowest BCUT2D eigenvalue weighted by Crippen LogP contribution is -2.34. The van der Waals surface area contributed by atoms with Crippen molar-refractivity contribution in [2.24, 2.45) is 5.92 Å². The third-order valence-corrected chi connectivity index (χ3v) is 3.05. The molecule has 0 amide bonds. The van der Waals surface area contributed by atoms with Gasteiger partial charge in [-0.2, -0.15) is 0 Å². The third kappa shape index (κ3) is 2.46. The zero-order valence-corrected chi connectivity index (χ0v) is 7.96. The van der Waals surface area contributed by atoms with Crippen molar-refractivity contribution in [1.29, 1.82) is 0 Å². The van der Waals surface area contributed by atoms with Crippen LogP contribution in [-0.4, -0.2) is 37.2 Å². The van der Waals surface area contributed by atoms with Crippen molar-refractivity contribution in [1.82, 2.24) is 4.90 Å². The maximum absolute atomic E-state index is 5.19. The molecule has 2 aliphatic heterocycles. The van der Waals surface area contributed by atoms with E-state index in [-0.39, 0.29) is 0 Å². The molecule has 2 fully saturated rings. The minimum atomic E-state index is 0.615. The largest absolute Gasteiger partial charge is 0.373 e. The molecule has 2 heteroatoms. The van der Waals surface area contributed by atoms with Crippen molar-refractivity contribution in [3.8, 4) is 0 Å². The summed E-state index contributed by atoms with van der Waals surface area (Å²) < 4.78 is 5.19. The quantitative estimate of drug-likeness (QED) is 0.595. The first-order chi connectivity index (χ1) is 5.84. The number of rotatable bonds is 3. The van der Waals surface area contributed by atoms with Crippen molar-refractivity contribution in [3.05, 3.63) is 0 Å². The first-order valence-electron chi connectivity index (χ1n) is 5.18. The second-order valence-corrected chi connectivity index (χ2v) is 4.27. The molecule has 0 bridgehead atoms. The molecule has 2 aliphatic rings. The van der Waals surface area contributed by atoms with Crippen LogP contribution in [0, 0.1) is 5.92 Å². The van der Waals surface area contributed by atoms with E-state index >= 15 is 0 Å². The van der Waals surface area contributed by atoms with Gasteiger partial charge in [-0.05, 0) is 38.3 Å². The van der Waals surface area contributed by atoms with E-state index in [0.29, 0.717) is 6.10 Å². The molecule has 0 saturated carbocycles. The fourth-order valence-corrected chi connectivity index (χ4v) is 1.85. The summed E-state index contributed by atoms with van der Waals surface area (Å²) >= 11 is 0. The van der Waals surface area contributed by atoms with Gasteiger partial charge >= 0.3 is 0 Å². The van der Waals surface area contributed by atoms with Crippen molar-refractivity contribution in [3.63, 3.8) is 0 Å². The lowest BCUT2D eigenvalue weighted by atomic mass is 9.99. The number of hydrogen-bond acceptors (Lipinski definition) is 2. The fraction of sp³-hybridized carbons (Fsp3) is 1.00. The number of likely N-dealkylation sites (tertiary alicyclic amines) is 1. The molecular weight excluding hydrogens is 150 g/mol. The standard InChI is InChI=1S/C10H19NO/c1-9-2-5-11(6-3-9)7-4-10-8-12-10/h9-10H,2-8H2,1H3. The number of ether oxygens (including phenoxy) is 1. The number of nitrogens with zero attached hydrogens (tertiary/aromatic N) is 1. The minimum Gasteiger partial charge on any atom is -0.373 e. The average Bonchev–Trinajstić information content (AvgIpc) is 2.87. The smallest absolute Gasteiger partial charge is 0.0822 e. The van der Waals surface area contributed by atoms with E-state index in [1.807, 2.05) is 0 Å². The number of epoxide rings is 1. The molecule has 2 heterocycles. The first kappa shape index (κ1) is 8.52. The molecule has 0 aromatic heterocycles. The lowest BCUT2D eigenvalue weighted by molar-refractivity contribution is 0.185. The van der Waals surface area contributed by atoms with Crippen LogP contribution in [-0.2, 0) is 4.74 Å². The average molecular weight is 169 g/mol. The monoisotopic (exact) mass is 169 g/mol. The van der Waals surface area contributed by atoms with Crippen LogP contribution in [0.3, 0.4) is 0 Å². The predicted octanol–water partition coefficient (Wildman–Crippen LogP) is 1.51. The molecule has 0 aromatic rings. The van der Waals surface area contributed by atoms with Crippen LogP contribution >= 0.6 is 0 Å². The molecule has 2 rings (SSSR count). The van der Waals surface area contributed by atoms with Crippen LogP contribution in [0.15, 0.2) is 0 Å². The predicted molar refractivity (Wildman–Crippen MR) is 49.2 cm³/mol. The van der Waals surface area contributed by atoms with E-state index in [0.717, 1.165) is 12.5 Å². The van der Waals surface area contributed by atoms with Crippen molar-refractivity contribution in [2.45, 2.75) is 32.3 Å². The Morgan fingerprint density at radius 2 is 2.00 bits per heavy atom. The number of hydrogen-bond donors (Lipinski definition) is 0. The fourth-order valence-electron chi connectivity index (χ4n) is 1.85. The van der Waals surface area contributed by atoms with Gasteiger partial charge in [0.25, 0.3) is 0 Å². The number of piperidine rings is 1. The Hall–Kier alpha value is -0.0800. The summed E-state index contributed by atoms with van der Waals surface area (Å²) in [4.78, 5) is 2.58. The second kappa shape index (κ2) is 3.75. The molecule has 0 spiro atoms. The van der Waals surface area contributed by atoms with Gasteiger partial charge in [-0.3, -0.25) is 0 Å². The SMILES string of the molecule is CC1CCN(CCC2CO2)CC1. The zero-order valence-electron chi connectivity index (χ0n) is 7.96. The summed E-state index contributed by atoms with van der Waals surface area (Å²) in [6.07, 6.45) is 4.66. The van der Waals surface area contributed by atoms with Gasteiger partial charge in [0, 0.05) is 6.54 Å². The van der Waals surface area contributed by atoms with E-state index < -0.39 is 0 Å². The van der Waals surface area contributed by atoms with E-state index in [9.17, 15) is 0 Å². The molecule has 1 atom stereocenters. The molecule has 0 aromatic carbocycles. The maximum atomic E-state index is 5.19. The summed E-state index contributed by atoms with van der Waals surface area (Å²) in [5, 5.41) is 0. The Bertz CT molecular complexity index is 137. The summed E-state index contributed by atoms with van der Waals surface area (Å²) in [7, 11) is 0. The van der Waals surface area contributed by atoms with Crippen LogP contribution in [0.25, 0.3) is 0 Å². The summed E-state index contributed by atoms with van der Waals surface area (Å²) in [6.45, 7) is 7.27. The first-order valence-corrected chi connectivity index (χ1v) is 5.18. The Morgan fingerprint density at radius 3 is 2.58 bits per heavy atom. The Morgan fingerprint density at radius 1 is 1.33 bits per heavy atom. The van der Waals surface area contributed by atoms with Crippen LogP contribution < -0.4 is 0 Å². The molecule has 70 valence electrons. The highest BCUT2D eigenvalue weighted by atomic mass is 16.6. The summed E-state index contributed by atoms with van der Waals surface area (Å²) in [6, 6.07) is 0. The molecule has 2 nitrogen and oxygen atoms in total. The Balaban J connectivity index is 1.60. The van der Waals surface area contributed by atoms with Crippen molar-refractivity contribution < 1.29 is 4.74 Å². The van der Waals surface area contributed by atoms with Gasteiger partial charge in [0.15, 0.2) is 0 Å². The van der Waals surface area contributed by atoms with Gasteiger partial charge in [0.1, 0.15) is 0 Å². The Kier molecular flexibility index (Phi) is 2.66. The van der Waals surface area contributed by atoms with Crippen LogP contribution in [0.1, 0.15) is 26.2 Å². The topological polar surface area (TPSA) is 15.8 Å². The van der Waals surface area contributed by atoms with Gasteiger partial charge < -0.3 is 9.64 Å². The summed E-state index contributed by atoms with van der Waals surface area (Å²) in [5.41, 5.74) is 0. The molecular formula is C10H19NO. The van der Waals surface area contributed by atoms with E-state index in [1.165, 1.54) is 38.9 Å². The normalized spacial score (nSPS) is 32.2. The minimum absolute atomic E-state index is 0.615. The molecule has 2 saturated heterocycles. The van der Waals surface area contributed by atoms with Crippen LogP contribution in [0.5, 0.6) is 0 Å². The lowest BCUT2D eigenvalue weighted by Gasteiger charge is -2.29. The maximum Gasteiger partial charge on any atom is 0.0822 e. The van der Waals surface area contributed by atoms with E-state index in [2.05, 4.69) is 11.8 Å². The molecule has 0 aliphatic carbocycles. The van der Waals surface area contributed by atoms with Crippen molar-refractivity contribution in [2.75, 3.05) is 26.2 Å². The van der Waals surface area contributed by atoms with Crippen molar-refractivity contribution >= 4 is 0 Å². The molecule has 0 radical (unpaired) electrons. The highest BCUT2D eigenvalue weighted by Crippen LogP contribution is 2.18. The van der Waals surface area contributed by atoms with Gasteiger partial charge in [0.2, 0.25) is 0 Å². The molecule has 0 N–H and O–H groups in total. The second-order valence-electron chi connectivity index (χ2n) is 4.27. The third-order valence-electron chi connectivity index (χ3n) is 3.05. The highest BCUT2D eigenvalue weighted by Gasteiger charge is 2.23. The summed E-state index contributed by atoms with van der Waals surface area (Å²) in [5.74, 6) is 0.957. The molecule has 1 unspecified atom stereocenters. The van der Waals surface area contributed by atoms with Gasteiger partial charge in [0.05, 0.1) is 12.7 Å².